The van der Waals surface area contributed by atoms with E-state index in [9.17, 15) is 4.79 Å². The van der Waals surface area contributed by atoms with Gasteiger partial charge < -0.3 is 9.80 Å². The molecule has 0 N–H and O–H groups in total. The monoisotopic (exact) mass is 342 g/mol. The lowest BCUT2D eigenvalue weighted by Gasteiger charge is -2.33. The van der Waals surface area contributed by atoms with Crippen LogP contribution in [-0.2, 0) is 17.8 Å². The van der Waals surface area contributed by atoms with Gasteiger partial charge in [-0.15, -0.1) is 0 Å². The van der Waals surface area contributed by atoms with Crippen molar-refractivity contribution in [3.8, 4) is 0 Å². The maximum absolute atomic E-state index is 13.1. The van der Waals surface area contributed by atoms with E-state index < -0.39 is 0 Å². The summed E-state index contributed by atoms with van der Waals surface area (Å²) in [5.74, 6) is 0.819. The van der Waals surface area contributed by atoms with Gasteiger partial charge in [0.25, 0.3) is 0 Å². The van der Waals surface area contributed by atoms with Gasteiger partial charge in [0, 0.05) is 37.1 Å². The van der Waals surface area contributed by atoms with Crippen molar-refractivity contribution < 1.29 is 4.79 Å². The first-order chi connectivity index (χ1) is 11.7. The van der Waals surface area contributed by atoms with Gasteiger partial charge in [0.05, 0.1) is 0 Å². The van der Waals surface area contributed by atoms with Gasteiger partial charge in [-0.05, 0) is 42.5 Å². The van der Waals surface area contributed by atoms with Crippen LogP contribution < -0.4 is 4.90 Å². The highest BCUT2D eigenvalue weighted by Crippen LogP contribution is 2.29. The second-order valence-corrected chi connectivity index (χ2v) is 6.69. The molecule has 1 aromatic carbocycles. The Morgan fingerprint density at radius 2 is 2.00 bits per heavy atom. The van der Waals surface area contributed by atoms with E-state index in [0.717, 1.165) is 42.9 Å². The number of halogens is 1. The van der Waals surface area contributed by atoms with Crippen molar-refractivity contribution >= 4 is 23.5 Å². The van der Waals surface area contributed by atoms with Gasteiger partial charge in [-0.25, -0.2) is 9.97 Å². The van der Waals surface area contributed by atoms with Crippen molar-refractivity contribution in [3.63, 3.8) is 0 Å². The molecule has 3 heterocycles. The molecule has 1 atom stereocenters. The zero-order chi connectivity index (χ0) is 16.5. The molecule has 5 nitrogen and oxygen atoms in total. The molecule has 0 radical (unpaired) electrons. The molecule has 2 aliphatic rings. The molecule has 1 amide bonds. The number of nitrogens with zero attached hydrogens (tertiary/aromatic N) is 4. The van der Waals surface area contributed by atoms with Crippen LogP contribution >= 0.6 is 11.6 Å². The third kappa shape index (κ3) is 2.73. The number of rotatable bonds is 2. The summed E-state index contributed by atoms with van der Waals surface area (Å²) in [6.07, 6.45) is 6.11. The summed E-state index contributed by atoms with van der Waals surface area (Å²) in [6, 6.07) is 7.57. The summed E-state index contributed by atoms with van der Waals surface area (Å²) < 4.78 is 0. The van der Waals surface area contributed by atoms with E-state index in [2.05, 4.69) is 16.0 Å². The largest absolute Gasteiger partial charge is 0.336 e. The van der Waals surface area contributed by atoms with Crippen molar-refractivity contribution in [2.24, 2.45) is 0 Å². The van der Waals surface area contributed by atoms with Crippen LogP contribution in [0.4, 0.5) is 5.95 Å². The Morgan fingerprint density at radius 3 is 2.83 bits per heavy atom. The van der Waals surface area contributed by atoms with Gasteiger partial charge in [-0.2, -0.15) is 0 Å². The maximum Gasteiger partial charge on any atom is 0.245 e. The Balaban J connectivity index is 1.54. The number of anilines is 1. The molecule has 0 aliphatic carbocycles. The average Bonchev–Trinajstić information content (AvgIpc) is 3.11. The highest BCUT2D eigenvalue weighted by Gasteiger charge is 2.36. The lowest BCUT2D eigenvalue weighted by Crippen LogP contribution is -2.47. The second-order valence-electron chi connectivity index (χ2n) is 6.29. The molecule has 0 unspecified atom stereocenters. The van der Waals surface area contributed by atoms with Gasteiger partial charge in [0.2, 0.25) is 11.9 Å². The zero-order valence-electron chi connectivity index (χ0n) is 13.4. The van der Waals surface area contributed by atoms with Crippen LogP contribution in [0.1, 0.15) is 24.0 Å². The van der Waals surface area contributed by atoms with Crippen molar-refractivity contribution in [1.29, 1.82) is 0 Å². The number of aromatic nitrogens is 2. The number of hydrogen-bond donors (Lipinski definition) is 0. The minimum absolute atomic E-state index is 0.159. The fraction of sp³-hybridized carbons (Fsp3) is 0.389. The van der Waals surface area contributed by atoms with Gasteiger partial charge in [-0.3, -0.25) is 4.79 Å². The van der Waals surface area contributed by atoms with Crippen LogP contribution in [0.15, 0.2) is 36.7 Å². The fourth-order valence-electron chi connectivity index (χ4n) is 3.66. The minimum atomic E-state index is -0.159. The fourth-order valence-corrected chi connectivity index (χ4v) is 3.95. The minimum Gasteiger partial charge on any atom is -0.336 e. The summed E-state index contributed by atoms with van der Waals surface area (Å²) in [4.78, 5) is 25.7. The number of hydrogen-bond acceptors (Lipinski definition) is 4. The highest BCUT2D eigenvalue weighted by molar-refractivity contribution is 6.31. The molecule has 1 saturated heterocycles. The first-order valence-corrected chi connectivity index (χ1v) is 8.70. The van der Waals surface area contributed by atoms with E-state index >= 15 is 0 Å². The molecule has 2 aliphatic heterocycles. The van der Waals surface area contributed by atoms with E-state index in [0.29, 0.717) is 12.5 Å². The normalized spacial score (nSPS) is 20.1. The summed E-state index contributed by atoms with van der Waals surface area (Å²) in [7, 11) is 0. The second kappa shape index (κ2) is 6.40. The molecule has 4 rings (SSSR count). The Kier molecular flexibility index (Phi) is 4.10. The first kappa shape index (κ1) is 15.4. The lowest BCUT2D eigenvalue weighted by atomic mass is 9.99. The van der Waals surface area contributed by atoms with Crippen molar-refractivity contribution in [2.45, 2.75) is 31.8 Å². The van der Waals surface area contributed by atoms with Crippen LogP contribution in [0, 0.1) is 0 Å². The molecular weight excluding hydrogens is 324 g/mol. The van der Waals surface area contributed by atoms with E-state index in [-0.39, 0.29) is 11.9 Å². The van der Waals surface area contributed by atoms with Gasteiger partial charge in [0.1, 0.15) is 6.04 Å². The Bertz CT molecular complexity index is 752. The SMILES string of the molecule is O=C([C@H]1CCCN1c1ncccn1)N1CCc2c(Cl)cccc2C1. The molecule has 24 heavy (non-hydrogen) atoms. The maximum atomic E-state index is 13.1. The third-order valence-corrected chi connectivity index (χ3v) is 5.22. The number of amides is 1. The molecule has 1 aromatic heterocycles. The van der Waals surface area contributed by atoms with E-state index in [4.69, 9.17) is 11.6 Å². The van der Waals surface area contributed by atoms with Crippen molar-refractivity contribution in [1.82, 2.24) is 14.9 Å². The Hall–Kier alpha value is -2.14. The lowest BCUT2D eigenvalue weighted by molar-refractivity contribution is -0.133. The summed E-state index contributed by atoms with van der Waals surface area (Å²) >= 11 is 6.27. The summed E-state index contributed by atoms with van der Waals surface area (Å²) in [5.41, 5.74) is 2.33. The molecular formula is C18H19ClN4O. The highest BCUT2D eigenvalue weighted by atomic mass is 35.5. The Labute approximate surface area is 146 Å². The molecule has 1 fully saturated rings. The Morgan fingerprint density at radius 1 is 1.17 bits per heavy atom. The zero-order valence-corrected chi connectivity index (χ0v) is 14.1. The average molecular weight is 343 g/mol. The molecule has 6 heteroatoms. The molecule has 0 spiro atoms. The number of fused-ring (bicyclic) bond motifs is 1. The van der Waals surface area contributed by atoms with E-state index in [1.165, 1.54) is 5.56 Å². The number of carbonyl (C=O) groups excluding carboxylic acids is 1. The van der Waals surface area contributed by atoms with Gasteiger partial charge >= 0.3 is 0 Å². The van der Waals surface area contributed by atoms with Crippen LogP contribution in [0.5, 0.6) is 0 Å². The van der Waals surface area contributed by atoms with Crippen LogP contribution in [0.3, 0.4) is 0 Å². The van der Waals surface area contributed by atoms with Crippen molar-refractivity contribution in [3.05, 3.63) is 52.8 Å². The smallest absolute Gasteiger partial charge is 0.245 e. The predicted molar refractivity (Wildman–Crippen MR) is 93.0 cm³/mol. The summed E-state index contributed by atoms with van der Waals surface area (Å²) in [5, 5.41) is 0.805. The predicted octanol–water partition coefficient (Wildman–Crippen LogP) is 2.68. The van der Waals surface area contributed by atoms with Gasteiger partial charge in [-0.1, -0.05) is 23.7 Å². The molecule has 0 bridgehead atoms. The number of benzene rings is 1. The van der Waals surface area contributed by atoms with Crippen LogP contribution in [-0.4, -0.2) is 39.9 Å². The summed E-state index contributed by atoms with van der Waals surface area (Å²) in [6.45, 7) is 2.18. The number of carbonyl (C=O) groups is 1. The van der Waals surface area contributed by atoms with Crippen LogP contribution in [0.2, 0.25) is 5.02 Å². The molecule has 0 saturated carbocycles. The standard InChI is InChI=1S/C18H19ClN4O/c19-15-5-1-4-13-12-22(11-7-14(13)15)17(24)16-6-2-10-23(16)18-20-8-3-9-21-18/h1,3-5,8-9,16H,2,6-7,10-12H2/t16-/m1/s1. The van der Waals surface area contributed by atoms with E-state index in [1.807, 2.05) is 21.9 Å². The third-order valence-electron chi connectivity index (χ3n) is 4.87. The van der Waals surface area contributed by atoms with Crippen LogP contribution in [0.25, 0.3) is 0 Å². The first-order valence-electron chi connectivity index (χ1n) is 8.33. The van der Waals surface area contributed by atoms with Gasteiger partial charge in [0.15, 0.2) is 0 Å². The van der Waals surface area contributed by atoms with E-state index in [1.54, 1.807) is 18.5 Å². The van der Waals surface area contributed by atoms with Crippen molar-refractivity contribution in [2.75, 3.05) is 18.0 Å². The molecule has 2 aromatic rings. The topological polar surface area (TPSA) is 49.3 Å². The quantitative estimate of drug-likeness (QED) is 0.842. The molecule has 124 valence electrons.